The minimum Gasteiger partial charge on any atom is -0.493 e. The Morgan fingerprint density at radius 3 is 2.26 bits per heavy atom. The van der Waals surface area contributed by atoms with Crippen molar-refractivity contribution < 1.29 is 23.9 Å². The summed E-state index contributed by atoms with van der Waals surface area (Å²) in [5.41, 5.74) is 2.39. The fourth-order valence-electron chi connectivity index (χ4n) is 4.34. The first kappa shape index (κ1) is 28.4. The van der Waals surface area contributed by atoms with Crippen LogP contribution >= 0.6 is 11.8 Å². The van der Waals surface area contributed by atoms with E-state index in [2.05, 4.69) is 15.7 Å². The van der Waals surface area contributed by atoms with E-state index in [4.69, 9.17) is 9.47 Å². The predicted molar refractivity (Wildman–Crippen MR) is 163 cm³/mol. The van der Waals surface area contributed by atoms with E-state index in [-0.39, 0.29) is 30.0 Å². The van der Waals surface area contributed by atoms with E-state index in [1.807, 2.05) is 60.7 Å². The van der Waals surface area contributed by atoms with Gasteiger partial charge in [0.2, 0.25) is 5.91 Å². The lowest BCUT2D eigenvalue weighted by Gasteiger charge is -2.17. The topological polar surface area (TPSA) is 109 Å². The number of hydrogen-bond acceptors (Lipinski definition) is 7. The molecule has 4 aromatic carbocycles. The number of benzene rings is 4. The lowest BCUT2D eigenvalue weighted by molar-refractivity contribution is -0.119. The van der Waals surface area contributed by atoms with Crippen LogP contribution in [0.15, 0.2) is 113 Å². The molecule has 1 aliphatic rings. The number of hydrazone groups is 1. The van der Waals surface area contributed by atoms with Gasteiger partial charge in [0.1, 0.15) is 11.1 Å². The normalized spacial score (nSPS) is 13.2. The van der Waals surface area contributed by atoms with Crippen molar-refractivity contribution in [2.24, 2.45) is 5.10 Å². The maximum Gasteiger partial charge on any atom is 0.255 e. The van der Waals surface area contributed by atoms with Crippen molar-refractivity contribution in [3.05, 3.63) is 114 Å². The molecule has 0 aliphatic carbocycles. The Balaban J connectivity index is 1.33. The van der Waals surface area contributed by atoms with Crippen LogP contribution in [0.2, 0.25) is 0 Å². The van der Waals surface area contributed by atoms with Gasteiger partial charge < -0.3 is 20.1 Å². The Kier molecular flexibility index (Phi) is 8.84. The summed E-state index contributed by atoms with van der Waals surface area (Å²) in [7, 11) is 3.04. The first-order chi connectivity index (χ1) is 20.4. The lowest BCUT2D eigenvalue weighted by atomic mass is 10.1. The van der Waals surface area contributed by atoms with Crippen molar-refractivity contribution >= 4 is 46.7 Å². The molecule has 1 atom stereocenters. The van der Waals surface area contributed by atoms with Gasteiger partial charge in [-0.2, -0.15) is 10.1 Å². The molecule has 1 heterocycles. The molecule has 0 saturated heterocycles. The number of hydrogen-bond donors (Lipinski definition) is 2. The SMILES string of the molecule is COc1ccc(C(=O)Nc2cccc(SC(C(=O)NC3=NN(c4ccccc4)C(=O)C3)c3ccccc3)c2)cc1OC. The van der Waals surface area contributed by atoms with Crippen LogP contribution in [-0.2, 0) is 9.59 Å². The molecule has 0 fully saturated rings. The highest BCUT2D eigenvalue weighted by atomic mass is 32.2. The molecule has 1 unspecified atom stereocenters. The molecule has 3 amide bonds. The summed E-state index contributed by atoms with van der Waals surface area (Å²) < 4.78 is 10.6. The largest absolute Gasteiger partial charge is 0.493 e. The summed E-state index contributed by atoms with van der Waals surface area (Å²) in [6, 6.07) is 30.6. The van der Waals surface area contributed by atoms with E-state index in [1.54, 1.807) is 42.5 Å². The maximum absolute atomic E-state index is 13.6. The van der Waals surface area contributed by atoms with Crippen LogP contribution in [0.5, 0.6) is 11.5 Å². The average molecular weight is 581 g/mol. The minimum atomic E-state index is -0.647. The number of para-hydroxylation sites is 1. The number of amides is 3. The zero-order chi connectivity index (χ0) is 29.5. The highest BCUT2D eigenvalue weighted by molar-refractivity contribution is 8.00. The van der Waals surface area contributed by atoms with Crippen LogP contribution < -0.4 is 25.1 Å². The number of thioether (sulfide) groups is 1. The highest BCUT2D eigenvalue weighted by Gasteiger charge is 2.29. The van der Waals surface area contributed by atoms with Gasteiger partial charge in [-0.3, -0.25) is 14.4 Å². The molecular weight excluding hydrogens is 552 g/mol. The van der Waals surface area contributed by atoms with Crippen molar-refractivity contribution in [3.63, 3.8) is 0 Å². The summed E-state index contributed by atoms with van der Waals surface area (Å²) in [6.07, 6.45) is -0.00945. The first-order valence-electron chi connectivity index (χ1n) is 13.1. The Morgan fingerprint density at radius 2 is 1.55 bits per heavy atom. The van der Waals surface area contributed by atoms with E-state index in [1.165, 1.54) is 31.0 Å². The molecule has 4 aromatic rings. The van der Waals surface area contributed by atoms with E-state index < -0.39 is 5.25 Å². The van der Waals surface area contributed by atoms with E-state index in [0.29, 0.717) is 28.4 Å². The quantitative estimate of drug-likeness (QED) is 0.248. The van der Waals surface area contributed by atoms with Gasteiger partial charge in [0.25, 0.3) is 11.8 Å². The lowest BCUT2D eigenvalue weighted by Crippen LogP contribution is -2.33. The van der Waals surface area contributed by atoms with Gasteiger partial charge in [0, 0.05) is 16.1 Å². The van der Waals surface area contributed by atoms with E-state index >= 15 is 0 Å². The number of anilines is 2. The summed E-state index contributed by atoms with van der Waals surface area (Å²) in [5, 5.41) is 10.8. The van der Waals surface area contributed by atoms with Gasteiger partial charge in [-0.15, -0.1) is 11.8 Å². The third-order valence-electron chi connectivity index (χ3n) is 6.38. The molecule has 212 valence electrons. The molecule has 9 nitrogen and oxygen atoms in total. The second-order valence-corrected chi connectivity index (χ2v) is 10.4. The summed E-state index contributed by atoms with van der Waals surface area (Å²) in [5.74, 6) is 0.407. The van der Waals surface area contributed by atoms with Crippen LogP contribution in [0.1, 0.15) is 27.6 Å². The van der Waals surface area contributed by atoms with Crippen LogP contribution in [0.25, 0.3) is 0 Å². The second-order valence-electron chi connectivity index (χ2n) is 9.21. The first-order valence-corrected chi connectivity index (χ1v) is 13.9. The van der Waals surface area contributed by atoms with Gasteiger partial charge in [0.05, 0.1) is 26.3 Å². The molecule has 5 rings (SSSR count). The van der Waals surface area contributed by atoms with Gasteiger partial charge in [0.15, 0.2) is 11.5 Å². The Labute approximate surface area is 247 Å². The number of ether oxygens (including phenoxy) is 2. The number of methoxy groups -OCH3 is 2. The summed E-state index contributed by atoms with van der Waals surface area (Å²) in [6.45, 7) is 0. The number of amidine groups is 1. The molecule has 42 heavy (non-hydrogen) atoms. The maximum atomic E-state index is 13.6. The molecule has 0 bridgehead atoms. The van der Waals surface area contributed by atoms with Crippen molar-refractivity contribution in [1.82, 2.24) is 5.32 Å². The third kappa shape index (κ3) is 6.61. The van der Waals surface area contributed by atoms with Gasteiger partial charge in [-0.05, 0) is 54.1 Å². The summed E-state index contributed by atoms with van der Waals surface area (Å²) in [4.78, 5) is 39.9. The molecule has 2 N–H and O–H groups in total. The van der Waals surface area contributed by atoms with E-state index in [0.717, 1.165) is 10.5 Å². The number of nitrogens with one attached hydrogen (secondary N) is 2. The van der Waals surface area contributed by atoms with Crippen LogP contribution in [0.4, 0.5) is 11.4 Å². The second kappa shape index (κ2) is 13.0. The van der Waals surface area contributed by atoms with Gasteiger partial charge in [-0.1, -0.05) is 54.6 Å². The third-order valence-corrected chi connectivity index (χ3v) is 7.62. The Morgan fingerprint density at radius 1 is 0.833 bits per heavy atom. The fourth-order valence-corrected chi connectivity index (χ4v) is 5.43. The highest BCUT2D eigenvalue weighted by Crippen LogP contribution is 2.37. The minimum absolute atomic E-state index is 0.00945. The molecule has 0 aromatic heterocycles. The molecular formula is C32H28N4O5S. The van der Waals surface area contributed by atoms with Crippen molar-refractivity contribution in [3.8, 4) is 11.5 Å². The number of carbonyl (C=O) groups excluding carboxylic acids is 3. The van der Waals surface area contributed by atoms with Gasteiger partial charge in [-0.25, -0.2) is 0 Å². The fraction of sp³-hybridized carbons (Fsp3) is 0.125. The van der Waals surface area contributed by atoms with Crippen LogP contribution in [-0.4, -0.2) is 37.8 Å². The monoisotopic (exact) mass is 580 g/mol. The zero-order valence-corrected chi connectivity index (χ0v) is 23.8. The molecule has 0 radical (unpaired) electrons. The smallest absolute Gasteiger partial charge is 0.255 e. The summed E-state index contributed by atoms with van der Waals surface area (Å²) >= 11 is 1.33. The molecule has 0 saturated carbocycles. The van der Waals surface area contributed by atoms with Crippen molar-refractivity contribution in [2.75, 3.05) is 24.5 Å². The number of carbonyl (C=O) groups is 3. The average Bonchev–Trinajstić information content (AvgIpc) is 3.39. The zero-order valence-electron chi connectivity index (χ0n) is 22.9. The van der Waals surface area contributed by atoms with E-state index in [9.17, 15) is 14.4 Å². The molecule has 1 aliphatic heterocycles. The molecule has 0 spiro atoms. The predicted octanol–water partition coefficient (Wildman–Crippen LogP) is 5.66. The van der Waals surface area contributed by atoms with Crippen LogP contribution in [0.3, 0.4) is 0 Å². The Hall–Kier alpha value is -5.09. The Bertz CT molecular complexity index is 1630. The molecule has 10 heteroatoms. The van der Waals surface area contributed by atoms with Crippen molar-refractivity contribution in [1.29, 1.82) is 0 Å². The van der Waals surface area contributed by atoms with Crippen molar-refractivity contribution in [2.45, 2.75) is 16.6 Å². The van der Waals surface area contributed by atoms with Gasteiger partial charge >= 0.3 is 0 Å². The standard InChI is InChI=1S/C32H28N4O5S/c1-40-26-17-16-22(18-27(26)41-2)31(38)33-23-12-9-15-25(19-23)42-30(21-10-5-3-6-11-21)32(39)34-28-20-29(37)36(35-28)24-13-7-4-8-14-24/h3-19,30H,20H2,1-2H3,(H,33,38)(H,34,35,39). The number of nitrogens with zero attached hydrogens (tertiary/aromatic N) is 2. The van der Waals surface area contributed by atoms with Crippen LogP contribution in [0, 0.1) is 0 Å². The number of rotatable bonds is 9.